The minimum atomic E-state index is -0.0703. The number of ether oxygens (including phenoxy) is 1. The Hall–Kier alpha value is -1.60. The Bertz CT molecular complexity index is 537. The fourth-order valence-electron chi connectivity index (χ4n) is 2.05. The fourth-order valence-corrected chi connectivity index (χ4v) is 2.45. The lowest BCUT2D eigenvalue weighted by Crippen LogP contribution is -2.44. The zero-order valence-corrected chi connectivity index (χ0v) is 16.1. The van der Waals surface area contributed by atoms with Gasteiger partial charge in [-0.1, -0.05) is 22.0 Å². The Labute approximate surface area is 152 Å². The summed E-state index contributed by atoms with van der Waals surface area (Å²) < 4.78 is 6.00. The average molecular weight is 399 g/mol. The van der Waals surface area contributed by atoms with E-state index in [1.807, 2.05) is 26.0 Å². The van der Waals surface area contributed by atoms with Crippen molar-refractivity contribution in [2.75, 3.05) is 33.4 Å². The van der Waals surface area contributed by atoms with Crippen molar-refractivity contribution in [3.63, 3.8) is 0 Å². The van der Waals surface area contributed by atoms with Gasteiger partial charge in [-0.05, 0) is 38.5 Å². The summed E-state index contributed by atoms with van der Waals surface area (Å²) in [5.74, 6) is 0.694. The van der Waals surface area contributed by atoms with Crippen LogP contribution in [0.1, 0.15) is 30.6 Å². The number of hydrogen-bond acceptors (Lipinski definition) is 3. The van der Waals surface area contributed by atoms with E-state index in [2.05, 4.69) is 36.9 Å². The first-order valence-corrected chi connectivity index (χ1v) is 8.93. The van der Waals surface area contributed by atoms with E-state index in [1.165, 1.54) is 0 Å². The Kier molecular flexibility index (Phi) is 10.1. The van der Waals surface area contributed by atoms with Gasteiger partial charge in [0.1, 0.15) is 0 Å². The maximum absolute atomic E-state index is 12.0. The van der Waals surface area contributed by atoms with Gasteiger partial charge in [0.15, 0.2) is 5.96 Å². The first-order chi connectivity index (χ1) is 11.6. The van der Waals surface area contributed by atoms with Crippen molar-refractivity contribution >= 4 is 27.8 Å². The highest BCUT2D eigenvalue weighted by atomic mass is 79.9. The summed E-state index contributed by atoms with van der Waals surface area (Å²) in [4.78, 5) is 16.5. The zero-order valence-electron chi connectivity index (χ0n) is 14.6. The zero-order chi connectivity index (χ0) is 17.8. The smallest absolute Gasteiger partial charge is 0.251 e. The summed E-state index contributed by atoms with van der Waals surface area (Å²) in [7, 11) is 1.68. The quantitative estimate of drug-likeness (QED) is 0.338. The summed E-state index contributed by atoms with van der Waals surface area (Å²) in [6.07, 6.45) is 0.773. The SMILES string of the molecule is CCNC(=NCCCNC(=O)c1cccc(Br)c1)NC(C)COC. The molecule has 0 saturated carbocycles. The number of methoxy groups -OCH3 is 1. The highest BCUT2D eigenvalue weighted by molar-refractivity contribution is 9.10. The van der Waals surface area contributed by atoms with Gasteiger partial charge < -0.3 is 20.7 Å². The molecule has 1 atom stereocenters. The molecule has 1 aromatic carbocycles. The second-order valence-electron chi connectivity index (χ2n) is 5.38. The van der Waals surface area contributed by atoms with Crippen LogP contribution in [0.3, 0.4) is 0 Å². The molecule has 1 unspecified atom stereocenters. The molecule has 0 aliphatic heterocycles. The van der Waals surface area contributed by atoms with Crippen LogP contribution in [0.15, 0.2) is 33.7 Å². The molecule has 1 aromatic rings. The number of carbonyl (C=O) groups excluding carboxylic acids is 1. The molecule has 24 heavy (non-hydrogen) atoms. The Morgan fingerprint density at radius 3 is 2.83 bits per heavy atom. The van der Waals surface area contributed by atoms with Gasteiger partial charge in [-0.3, -0.25) is 9.79 Å². The van der Waals surface area contributed by atoms with Gasteiger partial charge in [0.25, 0.3) is 5.91 Å². The van der Waals surface area contributed by atoms with Gasteiger partial charge >= 0.3 is 0 Å². The van der Waals surface area contributed by atoms with Crippen molar-refractivity contribution in [3.05, 3.63) is 34.3 Å². The first kappa shape index (κ1) is 20.4. The van der Waals surface area contributed by atoms with Gasteiger partial charge in [0, 0.05) is 42.8 Å². The third-order valence-corrected chi connectivity index (χ3v) is 3.61. The molecule has 0 heterocycles. The molecule has 0 fully saturated rings. The third-order valence-electron chi connectivity index (χ3n) is 3.12. The standard InChI is InChI=1S/C17H27BrN4O2/c1-4-19-17(22-13(2)12-24-3)21-10-6-9-20-16(23)14-7-5-8-15(18)11-14/h5,7-8,11,13H,4,6,9-10,12H2,1-3H3,(H,20,23)(H2,19,21,22). The number of amides is 1. The summed E-state index contributed by atoms with van der Waals surface area (Å²) in [6, 6.07) is 7.52. The number of nitrogens with one attached hydrogen (secondary N) is 3. The summed E-state index contributed by atoms with van der Waals surface area (Å²) in [6.45, 7) is 6.69. The molecular formula is C17H27BrN4O2. The molecule has 134 valence electrons. The van der Waals surface area contributed by atoms with E-state index in [-0.39, 0.29) is 11.9 Å². The number of benzene rings is 1. The molecule has 0 aliphatic carbocycles. The number of nitrogens with zero attached hydrogens (tertiary/aromatic N) is 1. The van der Waals surface area contributed by atoms with Gasteiger partial charge in [-0.25, -0.2) is 0 Å². The molecular weight excluding hydrogens is 372 g/mol. The van der Waals surface area contributed by atoms with Crippen molar-refractivity contribution in [1.29, 1.82) is 0 Å². The number of hydrogen-bond donors (Lipinski definition) is 3. The second kappa shape index (κ2) is 11.9. The Morgan fingerprint density at radius 1 is 1.38 bits per heavy atom. The third kappa shape index (κ3) is 8.31. The van der Waals surface area contributed by atoms with Crippen LogP contribution in [0.25, 0.3) is 0 Å². The average Bonchev–Trinajstić information content (AvgIpc) is 2.54. The molecule has 0 aliphatic rings. The molecule has 0 bridgehead atoms. The van der Waals surface area contributed by atoms with E-state index in [0.29, 0.717) is 25.3 Å². The minimum Gasteiger partial charge on any atom is -0.383 e. The van der Waals surface area contributed by atoms with Crippen LogP contribution in [0, 0.1) is 0 Å². The monoisotopic (exact) mass is 398 g/mol. The normalized spacial score (nSPS) is 12.6. The van der Waals surface area contributed by atoms with Crippen LogP contribution < -0.4 is 16.0 Å². The molecule has 0 radical (unpaired) electrons. The lowest BCUT2D eigenvalue weighted by atomic mass is 10.2. The number of carbonyl (C=O) groups is 1. The molecule has 7 heteroatoms. The van der Waals surface area contributed by atoms with Gasteiger partial charge in [0.05, 0.1) is 6.61 Å². The van der Waals surface area contributed by atoms with Crippen LogP contribution in [0.4, 0.5) is 0 Å². The highest BCUT2D eigenvalue weighted by Gasteiger charge is 2.05. The summed E-state index contributed by atoms with van der Waals surface area (Å²) in [5.41, 5.74) is 0.649. The van der Waals surface area contributed by atoms with Crippen molar-refractivity contribution in [1.82, 2.24) is 16.0 Å². The van der Waals surface area contributed by atoms with Crippen molar-refractivity contribution < 1.29 is 9.53 Å². The summed E-state index contributed by atoms with van der Waals surface area (Å²) >= 11 is 3.36. The van der Waals surface area contributed by atoms with Crippen molar-refractivity contribution in [3.8, 4) is 0 Å². The molecule has 1 rings (SSSR count). The van der Waals surface area contributed by atoms with Gasteiger partial charge in [-0.15, -0.1) is 0 Å². The Balaban J connectivity index is 2.34. The highest BCUT2D eigenvalue weighted by Crippen LogP contribution is 2.11. The largest absolute Gasteiger partial charge is 0.383 e. The van der Waals surface area contributed by atoms with E-state index in [4.69, 9.17) is 4.74 Å². The van der Waals surface area contributed by atoms with Gasteiger partial charge in [-0.2, -0.15) is 0 Å². The molecule has 0 aromatic heterocycles. The molecule has 0 spiro atoms. The van der Waals surface area contributed by atoms with E-state index in [0.717, 1.165) is 23.4 Å². The first-order valence-electron chi connectivity index (χ1n) is 8.14. The van der Waals surface area contributed by atoms with Gasteiger partial charge in [0.2, 0.25) is 0 Å². The van der Waals surface area contributed by atoms with Crippen LogP contribution >= 0.6 is 15.9 Å². The summed E-state index contributed by atoms with van der Waals surface area (Å²) in [5, 5.41) is 9.37. The van der Waals surface area contributed by atoms with Crippen LogP contribution in [-0.4, -0.2) is 51.3 Å². The van der Waals surface area contributed by atoms with Crippen LogP contribution in [-0.2, 0) is 4.74 Å². The predicted octanol–water partition coefficient (Wildman–Crippen LogP) is 2.16. The number of aliphatic imine (C=N–C) groups is 1. The minimum absolute atomic E-state index is 0.0703. The molecule has 1 amide bonds. The Morgan fingerprint density at radius 2 is 2.17 bits per heavy atom. The van der Waals surface area contributed by atoms with Crippen molar-refractivity contribution in [2.45, 2.75) is 26.3 Å². The maximum Gasteiger partial charge on any atom is 0.251 e. The second-order valence-corrected chi connectivity index (χ2v) is 6.30. The maximum atomic E-state index is 12.0. The van der Waals surface area contributed by atoms with E-state index < -0.39 is 0 Å². The predicted molar refractivity (Wildman–Crippen MR) is 102 cm³/mol. The number of rotatable bonds is 9. The number of halogens is 1. The van der Waals surface area contributed by atoms with E-state index in [1.54, 1.807) is 19.2 Å². The molecule has 0 saturated heterocycles. The molecule has 6 nitrogen and oxygen atoms in total. The number of guanidine groups is 1. The van der Waals surface area contributed by atoms with Crippen LogP contribution in [0.2, 0.25) is 0 Å². The van der Waals surface area contributed by atoms with E-state index in [9.17, 15) is 4.79 Å². The van der Waals surface area contributed by atoms with Crippen molar-refractivity contribution in [2.24, 2.45) is 4.99 Å². The lowest BCUT2D eigenvalue weighted by Gasteiger charge is -2.17. The lowest BCUT2D eigenvalue weighted by molar-refractivity contribution is 0.0953. The fraction of sp³-hybridized carbons (Fsp3) is 0.529. The van der Waals surface area contributed by atoms with Crippen LogP contribution in [0.5, 0.6) is 0 Å². The molecule has 3 N–H and O–H groups in total. The van der Waals surface area contributed by atoms with E-state index >= 15 is 0 Å². The topological polar surface area (TPSA) is 74.8 Å².